The number of anilines is 2. The molecular formula is C30H37FN4O3. The second-order valence-corrected chi connectivity index (χ2v) is 10.4. The van der Waals surface area contributed by atoms with Crippen molar-refractivity contribution in [1.29, 1.82) is 0 Å². The first-order valence-electron chi connectivity index (χ1n) is 13.2. The molecule has 2 heterocycles. The summed E-state index contributed by atoms with van der Waals surface area (Å²) in [4.78, 5) is 31.6. The monoisotopic (exact) mass is 520 g/mol. The van der Waals surface area contributed by atoms with Gasteiger partial charge in [0, 0.05) is 42.5 Å². The fourth-order valence-electron chi connectivity index (χ4n) is 5.42. The maximum absolute atomic E-state index is 15.4. The number of rotatable bonds is 9. The number of nitrogens with zero attached hydrogens (tertiary/aromatic N) is 3. The van der Waals surface area contributed by atoms with Crippen LogP contribution in [0, 0.1) is 5.82 Å². The van der Waals surface area contributed by atoms with Crippen LogP contribution in [0.3, 0.4) is 0 Å². The number of likely N-dealkylation sites (tertiary alicyclic amines) is 1. The van der Waals surface area contributed by atoms with Crippen molar-refractivity contribution in [3.63, 3.8) is 0 Å². The number of carbonyl (C=O) groups is 2. The van der Waals surface area contributed by atoms with E-state index in [1.165, 1.54) is 12.1 Å². The smallest absolute Gasteiger partial charge is 0.254 e. The Labute approximate surface area is 224 Å². The van der Waals surface area contributed by atoms with Crippen LogP contribution in [0.5, 0.6) is 0 Å². The number of para-hydroxylation sites is 1. The molecule has 0 spiro atoms. The molecule has 2 amide bonds. The first kappa shape index (κ1) is 27.4. The van der Waals surface area contributed by atoms with Gasteiger partial charge in [0.2, 0.25) is 0 Å². The molecule has 0 bridgehead atoms. The van der Waals surface area contributed by atoms with Crippen LogP contribution in [0.25, 0.3) is 0 Å². The van der Waals surface area contributed by atoms with Gasteiger partial charge in [-0.15, -0.1) is 0 Å². The van der Waals surface area contributed by atoms with Crippen molar-refractivity contribution < 1.29 is 18.4 Å². The molecule has 0 saturated carbocycles. The highest BCUT2D eigenvalue weighted by Crippen LogP contribution is 2.37. The van der Waals surface area contributed by atoms with Crippen LogP contribution >= 0.6 is 0 Å². The second-order valence-electron chi connectivity index (χ2n) is 10.4. The Morgan fingerprint density at radius 1 is 1.00 bits per heavy atom. The predicted molar refractivity (Wildman–Crippen MR) is 147 cm³/mol. The molecule has 38 heavy (non-hydrogen) atoms. The van der Waals surface area contributed by atoms with Gasteiger partial charge in [0.05, 0.1) is 24.1 Å². The molecule has 0 atom stereocenters. The van der Waals surface area contributed by atoms with Gasteiger partial charge in [0.1, 0.15) is 11.6 Å². The standard InChI is InChI=1S/C30H37FN4O3/c1-20(2)34(21(3)4)30(37)22-10-12-23(13-11-22)35(28-26(29(32)36)8-5-9-27(28)31)24-14-16-33(17-15-24)19-25-7-6-18-38-25/h5-13,18,20-21,24H,14-17,19H2,1-4H3,(H2,32,36). The molecule has 1 fully saturated rings. The Morgan fingerprint density at radius 3 is 2.21 bits per heavy atom. The lowest BCUT2D eigenvalue weighted by Crippen LogP contribution is -2.43. The van der Waals surface area contributed by atoms with Crippen molar-refractivity contribution in [2.45, 2.75) is 65.2 Å². The number of amides is 2. The molecule has 0 radical (unpaired) electrons. The SMILES string of the molecule is CC(C)N(C(=O)c1ccc(N(c2c(F)cccc2C(N)=O)C2CCN(Cc3ccco3)CC2)cc1)C(C)C. The third-order valence-corrected chi connectivity index (χ3v) is 7.11. The average Bonchev–Trinajstić information content (AvgIpc) is 3.39. The summed E-state index contributed by atoms with van der Waals surface area (Å²) in [7, 11) is 0. The Morgan fingerprint density at radius 2 is 1.66 bits per heavy atom. The van der Waals surface area contributed by atoms with E-state index < -0.39 is 11.7 Å². The third-order valence-electron chi connectivity index (χ3n) is 7.11. The van der Waals surface area contributed by atoms with E-state index in [0.29, 0.717) is 17.8 Å². The number of primary amides is 1. The van der Waals surface area contributed by atoms with Crippen LogP contribution in [-0.2, 0) is 6.54 Å². The zero-order valence-corrected chi connectivity index (χ0v) is 22.6. The van der Waals surface area contributed by atoms with E-state index in [2.05, 4.69) is 4.90 Å². The Hall–Kier alpha value is -3.65. The van der Waals surface area contributed by atoms with Gasteiger partial charge in [0.15, 0.2) is 0 Å². The minimum absolute atomic E-state index is 0.0527. The molecule has 1 aliphatic heterocycles. The molecule has 1 aromatic heterocycles. The van der Waals surface area contributed by atoms with Crippen molar-refractivity contribution in [1.82, 2.24) is 9.80 Å². The van der Waals surface area contributed by atoms with Crippen molar-refractivity contribution in [3.8, 4) is 0 Å². The van der Waals surface area contributed by atoms with Crippen molar-refractivity contribution in [3.05, 3.63) is 83.6 Å². The maximum atomic E-state index is 15.4. The number of hydrogen-bond acceptors (Lipinski definition) is 5. The fraction of sp³-hybridized carbons (Fsp3) is 0.400. The minimum Gasteiger partial charge on any atom is -0.468 e. The fourth-order valence-corrected chi connectivity index (χ4v) is 5.42. The van der Waals surface area contributed by atoms with Gasteiger partial charge in [-0.2, -0.15) is 0 Å². The van der Waals surface area contributed by atoms with Crippen LogP contribution < -0.4 is 10.6 Å². The number of carbonyl (C=O) groups excluding carboxylic acids is 2. The predicted octanol–water partition coefficient (Wildman–Crippen LogP) is 5.58. The van der Waals surface area contributed by atoms with E-state index in [0.717, 1.165) is 31.7 Å². The minimum atomic E-state index is -0.684. The van der Waals surface area contributed by atoms with Gasteiger partial charge in [-0.25, -0.2) is 4.39 Å². The van der Waals surface area contributed by atoms with Gasteiger partial charge in [0.25, 0.3) is 11.8 Å². The molecule has 1 aliphatic rings. The summed E-state index contributed by atoms with van der Waals surface area (Å²) in [5, 5.41) is 0. The first-order chi connectivity index (χ1) is 18.2. The highest BCUT2D eigenvalue weighted by Gasteiger charge is 2.31. The average molecular weight is 521 g/mol. The molecular weight excluding hydrogens is 483 g/mol. The van der Waals surface area contributed by atoms with E-state index in [9.17, 15) is 9.59 Å². The lowest BCUT2D eigenvalue weighted by atomic mass is 9.98. The summed E-state index contributed by atoms with van der Waals surface area (Å²) >= 11 is 0. The van der Waals surface area contributed by atoms with Gasteiger partial charge >= 0.3 is 0 Å². The van der Waals surface area contributed by atoms with Crippen LogP contribution in [0.15, 0.2) is 65.3 Å². The van der Waals surface area contributed by atoms with Crippen molar-refractivity contribution in [2.75, 3.05) is 18.0 Å². The maximum Gasteiger partial charge on any atom is 0.254 e. The molecule has 2 aromatic carbocycles. The molecule has 8 heteroatoms. The summed E-state index contributed by atoms with van der Waals surface area (Å²) in [5.41, 5.74) is 7.26. The van der Waals surface area contributed by atoms with Crippen LogP contribution in [0.4, 0.5) is 15.8 Å². The van der Waals surface area contributed by atoms with E-state index in [4.69, 9.17) is 10.2 Å². The Balaban J connectivity index is 1.66. The van der Waals surface area contributed by atoms with Gasteiger partial charge < -0.3 is 20.0 Å². The number of piperidine rings is 1. The summed E-state index contributed by atoms with van der Waals surface area (Å²) < 4.78 is 20.9. The summed E-state index contributed by atoms with van der Waals surface area (Å²) in [6.45, 7) is 10.3. The largest absolute Gasteiger partial charge is 0.468 e. The molecule has 202 valence electrons. The molecule has 0 unspecified atom stereocenters. The Kier molecular flexibility index (Phi) is 8.52. The molecule has 2 N–H and O–H groups in total. The second kappa shape index (κ2) is 11.8. The zero-order valence-electron chi connectivity index (χ0n) is 22.6. The van der Waals surface area contributed by atoms with Gasteiger partial charge in [-0.3, -0.25) is 14.5 Å². The van der Waals surface area contributed by atoms with E-state index in [1.807, 2.05) is 61.8 Å². The molecule has 4 rings (SSSR count). The highest BCUT2D eigenvalue weighted by molar-refractivity contribution is 6.00. The quantitative estimate of drug-likeness (QED) is 0.398. The van der Waals surface area contributed by atoms with E-state index in [1.54, 1.807) is 24.5 Å². The number of furan rings is 1. The number of benzene rings is 2. The molecule has 0 aliphatic carbocycles. The third kappa shape index (κ3) is 5.91. The lowest BCUT2D eigenvalue weighted by molar-refractivity contribution is 0.0643. The number of nitrogens with two attached hydrogens (primary N) is 1. The van der Waals surface area contributed by atoms with Crippen molar-refractivity contribution in [2.24, 2.45) is 5.73 Å². The topological polar surface area (TPSA) is 83.0 Å². The number of hydrogen-bond donors (Lipinski definition) is 1. The first-order valence-corrected chi connectivity index (χ1v) is 13.2. The zero-order chi connectivity index (χ0) is 27.4. The van der Waals surface area contributed by atoms with Gasteiger partial charge in [-0.05, 0) is 89.1 Å². The summed E-state index contributed by atoms with van der Waals surface area (Å²) in [6, 6.07) is 15.5. The van der Waals surface area contributed by atoms with Crippen LogP contribution in [-0.4, -0.2) is 52.8 Å². The van der Waals surface area contributed by atoms with Crippen LogP contribution in [0.2, 0.25) is 0 Å². The highest BCUT2D eigenvalue weighted by atomic mass is 19.1. The molecule has 7 nitrogen and oxygen atoms in total. The molecule has 3 aromatic rings. The Bertz CT molecular complexity index is 1220. The normalized spacial score (nSPS) is 14.7. The van der Waals surface area contributed by atoms with Crippen LogP contribution in [0.1, 0.15) is 67.0 Å². The van der Waals surface area contributed by atoms with E-state index in [-0.39, 0.29) is 35.3 Å². The lowest BCUT2D eigenvalue weighted by Gasteiger charge is -2.40. The summed E-state index contributed by atoms with van der Waals surface area (Å²) in [6.07, 6.45) is 3.17. The van der Waals surface area contributed by atoms with Crippen molar-refractivity contribution >= 4 is 23.2 Å². The summed E-state index contributed by atoms with van der Waals surface area (Å²) in [5.74, 6) is -0.341. The van der Waals surface area contributed by atoms with Gasteiger partial charge in [-0.1, -0.05) is 6.07 Å². The van der Waals surface area contributed by atoms with E-state index >= 15 is 4.39 Å². The molecule has 1 saturated heterocycles. The number of halogens is 1.